The van der Waals surface area contributed by atoms with Crippen LogP contribution in [0.3, 0.4) is 0 Å². The van der Waals surface area contributed by atoms with Crippen LogP contribution in [0.2, 0.25) is 0 Å². The molecule has 1 aliphatic heterocycles. The number of fused-ring (bicyclic) bond motifs is 5. The van der Waals surface area contributed by atoms with Crippen LogP contribution in [-0.2, 0) is 61.9 Å². The van der Waals surface area contributed by atoms with E-state index in [1.54, 1.807) is 69.3 Å². The summed E-state index contributed by atoms with van der Waals surface area (Å²) in [5.74, 6) is -7.77. The second-order valence-corrected chi connectivity index (χ2v) is 19.4. The molecule has 3 aliphatic carbocycles. The van der Waals surface area contributed by atoms with Crippen LogP contribution in [0.25, 0.3) is 0 Å². The van der Waals surface area contributed by atoms with Crippen LogP contribution in [-0.4, -0.2) is 137 Å². The summed E-state index contributed by atoms with van der Waals surface area (Å²) < 4.78 is 47.2. The van der Waals surface area contributed by atoms with E-state index in [0.29, 0.717) is 0 Å². The summed E-state index contributed by atoms with van der Waals surface area (Å²) in [6.07, 6.45) is -12.8. The average molecular weight is 952 g/mol. The highest BCUT2D eigenvalue weighted by Gasteiger charge is 2.79. The van der Waals surface area contributed by atoms with Crippen molar-refractivity contribution in [1.82, 2.24) is 5.32 Å². The van der Waals surface area contributed by atoms with Crippen molar-refractivity contribution in [3.63, 3.8) is 0 Å². The third-order valence-electron chi connectivity index (χ3n) is 13.6. The lowest BCUT2D eigenvalue weighted by Gasteiger charge is -2.67. The Morgan fingerprint density at radius 1 is 0.912 bits per heavy atom. The minimum atomic E-state index is -2.52. The molecule has 1 amide bonds. The molecule has 0 aromatic heterocycles. The molecule has 3 fully saturated rings. The molecule has 68 heavy (non-hydrogen) atoms. The average Bonchev–Trinajstić information content (AvgIpc) is 3.26. The van der Waals surface area contributed by atoms with Gasteiger partial charge in [0.1, 0.15) is 42.2 Å². The minimum absolute atomic E-state index is 0.0138. The van der Waals surface area contributed by atoms with E-state index in [-0.39, 0.29) is 28.7 Å². The van der Waals surface area contributed by atoms with E-state index in [9.17, 15) is 44.1 Å². The molecule has 370 valence electrons. The number of amides is 1. The van der Waals surface area contributed by atoms with E-state index < -0.39 is 151 Å². The molecule has 2 aromatic carbocycles. The van der Waals surface area contributed by atoms with Crippen LogP contribution in [0.1, 0.15) is 96.6 Å². The molecule has 6 rings (SSSR count). The highest BCUT2D eigenvalue weighted by Crippen LogP contribution is 2.65. The van der Waals surface area contributed by atoms with Crippen LogP contribution < -0.4 is 5.32 Å². The Kier molecular flexibility index (Phi) is 15.0. The van der Waals surface area contributed by atoms with Crippen molar-refractivity contribution < 1.29 is 86.8 Å². The molecule has 11 atom stereocenters. The molecule has 0 radical (unpaired) electrons. The first-order valence-electron chi connectivity index (χ1n) is 22.3. The number of rotatable bonds is 14. The number of esters is 5. The molecule has 2 bridgehead atoms. The van der Waals surface area contributed by atoms with E-state index in [0.717, 1.165) is 6.92 Å². The van der Waals surface area contributed by atoms with Gasteiger partial charge in [-0.25, -0.2) is 19.2 Å². The molecule has 4 N–H and O–H groups in total. The minimum Gasteiger partial charge on any atom is -0.459 e. The smallest absolute Gasteiger partial charge is 0.408 e. The maximum Gasteiger partial charge on any atom is 0.408 e. The first-order chi connectivity index (χ1) is 31.9. The van der Waals surface area contributed by atoms with Gasteiger partial charge in [0.25, 0.3) is 0 Å². The van der Waals surface area contributed by atoms with Gasteiger partial charge in [-0.15, -0.1) is 0 Å². The maximum absolute atomic E-state index is 16.1. The Hall–Kier alpha value is -5.73. The zero-order valence-electron chi connectivity index (χ0n) is 39.6. The van der Waals surface area contributed by atoms with Gasteiger partial charge in [0.15, 0.2) is 23.6 Å². The Bertz CT molecular complexity index is 2290. The molecule has 19 nitrogen and oxygen atoms in total. The first-order valence-corrected chi connectivity index (χ1v) is 22.3. The summed E-state index contributed by atoms with van der Waals surface area (Å²) in [4.78, 5) is 98.3. The summed E-state index contributed by atoms with van der Waals surface area (Å²) in [5.41, 5.74) is -9.10. The molecular formula is C49H61NO18. The van der Waals surface area contributed by atoms with Crippen molar-refractivity contribution >= 4 is 41.7 Å². The number of ether oxygens (including phenoxy) is 8. The van der Waals surface area contributed by atoms with Crippen molar-refractivity contribution in [3.8, 4) is 0 Å². The zero-order chi connectivity index (χ0) is 50.1. The van der Waals surface area contributed by atoms with Crippen LogP contribution in [0.4, 0.5) is 4.79 Å². The summed E-state index contributed by atoms with van der Waals surface area (Å²) in [7, 11) is 1.25. The maximum atomic E-state index is 16.1. The Morgan fingerprint density at radius 2 is 1.54 bits per heavy atom. The van der Waals surface area contributed by atoms with Crippen LogP contribution >= 0.6 is 0 Å². The van der Waals surface area contributed by atoms with Crippen LogP contribution in [0.15, 0.2) is 71.8 Å². The van der Waals surface area contributed by atoms with Gasteiger partial charge in [-0.1, -0.05) is 62.4 Å². The number of aliphatic hydroxyl groups excluding tert-OH is 2. The van der Waals surface area contributed by atoms with Gasteiger partial charge in [-0.3, -0.25) is 14.4 Å². The molecule has 4 aliphatic rings. The predicted octanol–water partition coefficient (Wildman–Crippen LogP) is 3.39. The van der Waals surface area contributed by atoms with Gasteiger partial charge in [-0.05, 0) is 63.5 Å². The Balaban J connectivity index is 1.60. The van der Waals surface area contributed by atoms with Crippen molar-refractivity contribution in [3.05, 3.63) is 82.9 Å². The number of carbonyl (C=O) groups excluding carboxylic acids is 7. The highest BCUT2D eigenvalue weighted by molar-refractivity contribution is 5.96. The lowest BCUT2D eigenvalue weighted by molar-refractivity contribution is -0.346. The van der Waals surface area contributed by atoms with Crippen molar-refractivity contribution in [1.29, 1.82) is 0 Å². The van der Waals surface area contributed by atoms with Gasteiger partial charge in [0.05, 0.1) is 42.6 Å². The number of alkyl carbamates (subject to hydrolysis) is 1. The van der Waals surface area contributed by atoms with Crippen LogP contribution in [0, 0.1) is 16.7 Å². The van der Waals surface area contributed by atoms with Gasteiger partial charge < -0.3 is 58.5 Å². The Morgan fingerprint density at radius 3 is 2.10 bits per heavy atom. The third kappa shape index (κ3) is 9.63. The molecule has 1 unspecified atom stereocenters. The molecule has 2 saturated carbocycles. The van der Waals surface area contributed by atoms with Crippen molar-refractivity contribution in [2.75, 3.05) is 26.9 Å². The second kappa shape index (κ2) is 19.7. The van der Waals surface area contributed by atoms with Gasteiger partial charge in [-0.2, -0.15) is 0 Å². The van der Waals surface area contributed by atoms with E-state index >= 15 is 4.79 Å². The molecule has 2 aromatic rings. The summed E-state index contributed by atoms with van der Waals surface area (Å²) in [5, 5.41) is 38.1. The SMILES string of the molecule is COCC(=O)O[C@H]1C[C@H]2OC[C@@]2(OC(C)=O)C2[C@H](OC(=O)c3ccccc3)[C@]3(O)C[C@H](OC(=O)[C@H](O)[C@@H](NC(=O)OC(C)(C)C)c4ccccc4)C(C)=C([C@@H](OC(=O)CCO)C(=O)[C@@]21C)C3(C)C. The number of nitrogens with one attached hydrogen (secondary N) is 1. The normalized spacial score (nSPS) is 30.3. The molecule has 0 spiro atoms. The van der Waals surface area contributed by atoms with E-state index in [4.69, 9.17) is 37.9 Å². The predicted molar refractivity (Wildman–Crippen MR) is 235 cm³/mol. The van der Waals surface area contributed by atoms with Crippen molar-refractivity contribution in [2.24, 2.45) is 16.7 Å². The number of ketones is 1. The lowest BCUT2D eigenvalue weighted by Crippen LogP contribution is -2.82. The fraction of sp³-hybridized carbons (Fsp3) is 0.571. The largest absolute Gasteiger partial charge is 0.459 e. The van der Waals surface area contributed by atoms with E-state index in [1.165, 1.54) is 46.9 Å². The third-order valence-corrected chi connectivity index (χ3v) is 13.6. The van der Waals surface area contributed by atoms with Crippen molar-refractivity contribution in [2.45, 2.75) is 134 Å². The molecule has 1 heterocycles. The standard InChI is InChI=1S/C49H61NO18/c1-26-30(63-43(58)37(55)36(28-16-12-10-13-17-28)50-44(59)68-45(3,4)5)23-49(60)41(66-42(57)29-18-14-11-15-19-29)39-47(8,40(56)38(35(26)46(49,6)7)65-33(53)20-21-51)31(64-34(54)24-61-9)22-32-48(39,25-62-32)67-27(2)52/h10-19,30-32,36-39,41,51,55,60H,20-25H2,1-9H3,(H,50,59)/t30-,31-,32+,36-,37+,38+,39?,41-,47+,48-,49+/m0/s1. The number of hydrogen-bond acceptors (Lipinski definition) is 18. The number of Topliss-reactive ketones (excluding diaryl/α,β-unsaturated/α-hetero) is 1. The molecule has 19 heteroatoms. The van der Waals surface area contributed by atoms with E-state index in [2.05, 4.69) is 5.32 Å². The number of aliphatic hydroxyl groups is 3. The van der Waals surface area contributed by atoms with Gasteiger partial charge in [0.2, 0.25) is 0 Å². The molecule has 1 saturated heterocycles. The number of benzene rings is 2. The molecular weight excluding hydrogens is 891 g/mol. The number of methoxy groups -OCH3 is 1. The summed E-state index contributed by atoms with van der Waals surface area (Å²) in [6.45, 7) is 10.2. The first kappa shape index (κ1) is 51.7. The van der Waals surface area contributed by atoms with Gasteiger partial charge >= 0.3 is 35.9 Å². The fourth-order valence-corrected chi connectivity index (χ4v) is 10.4. The second-order valence-electron chi connectivity index (χ2n) is 19.4. The fourth-order valence-electron chi connectivity index (χ4n) is 10.4. The summed E-state index contributed by atoms with van der Waals surface area (Å²) in [6, 6.07) is 14.3. The summed E-state index contributed by atoms with van der Waals surface area (Å²) >= 11 is 0. The lowest BCUT2D eigenvalue weighted by atomic mass is 9.44. The number of carbonyl (C=O) groups is 7. The van der Waals surface area contributed by atoms with Crippen LogP contribution in [0.5, 0.6) is 0 Å². The topological polar surface area (TPSA) is 266 Å². The quantitative estimate of drug-likeness (QED) is 0.120. The highest BCUT2D eigenvalue weighted by atomic mass is 16.6. The van der Waals surface area contributed by atoms with Gasteiger partial charge in [0, 0.05) is 32.3 Å². The zero-order valence-corrected chi connectivity index (χ0v) is 39.6. The number of hydrogen-bond donors (Lipinski definition) is 4. The van der Waals surface area contributed by atoms with E-state index in [1.807, 2.05) is 0 Å². The Labute approximate surface area is 393 Å². The monoisotopic (exact) mass is 951 g/mol.